The predicted molar refractivity (Wildman–Crippen MR) is 58.5 cm³/mol. The van der Waals surface area contributed by atoms with Gasteiger partial charge in [-0.05, 0) is 17.0 Å². The summed E-state index contributed by atoms with van der Waals surface area (Å²) in [5.74, 6) is -0.847. The van der Waals surface area contributed by atoms with Crippen molar-refractivity contribution >= 4 is 5.91 Å². The van der Waals surface area contributed by atoms with E-state index in [1.165, 1.54) is 13.1 Å². The summed E-state index contributed by atoms with van der Waals surface area (Å²) in [6.45, 7) is 5.86. The van der Waals surface area contributed by atoms with E-state index >= 15 is 0 Å². The Morgan fingerprint density at radius 3 is 2.40 bits per heavy atom. The van der Waals surface area contributed by atoms with Gasteiger partial charge in [-0.25, -0.2) is 4.39 Å². The van der Waals surface area contributed by atoms with Crippen LogP contribution in [0.15, 0.2) is 18.2 Å². The van der Waals surface area contributed by atoms with E-state index in [2.05, 4.69) is 5.32 Å². The minimum Gasteiger partial charge on any atom is -0.355 e. The molecule has 15 heavy (non-hydrogen) atoms. The summed E-state index contributed by atoms with van der Waals surface area (Å²) in [5, 5.41) is 2.46. The monoisotopic (exact) mass is 209 g/mol. The van der Waals surface area contributed by atoms with Crippen LogP contribution in [0.2, 0.25) is 0 Å². The Kier molecular flexibility index (Phi) is 3.12. The number of hydrogen-bond acceptors (Lipinski definition) is 1. The fraction of sp³-hybridized carbons (Fsp3) is 0.417. The fourth-order valence-electron chi connectivity index (χ4n) is 1.50. The van der Waals surface area contributed by atoms with Crippen LogP contribution in [0.3, 0.4) is 0 Å². The zero-order chi connectivity index (χ0) is 11.6. The van der Waals surface area contributed by atoms with E-state index in [1.807, 2.05) is 20.8 Å². The molecule has 1 amide bonds. The lowest BCUT2D eigenvalue weighted by molar-refractivity contribution is 0.0956. The van der Waals surface area contributed by atoms with E-state index < -0.39 is 5.82 Å². The number of benzene rings is 1. The number of amides is 1. The van der Waals surface area contributed by atoms with Crippen LogP contribution in [0.1, 0.15) is 36.7 Å². The smallest absolute Gasteiger partial charge is 0.254 e. The van der Waals surface area contributed by atoms with Crippen LogP contribution in [0, 0.1) is 5.82 Å². The Morgan fingerprint density at radius 2 is 1.93 bits per heavy atom. The summed E-state index contributed by atoms with van der Waals surface area (Å²) >= 11 is 0. The molecule has 0 saturated heterocycles. The standard InChI is InChI=1S/C12H16FNO/c1-12(2,3)8-6-5-7-9(13)10(8)11(15)14-4/h5-7H,1-4H3,(H,14,15). The van der Waals surface area contributed by atoms with Gasteiger partial charge in [-0.2, -0.15) is 0 Å². The highest BCUT2D eigenvalue weighted by Gasteiger charge is 2.23. The van der Waals surface area contributed by atoms with Crippen molar-refractivity contribution in [3.63, 3.8) is 0 Å². The Hall–Kier alpha value is -1.38. The van der Waals surface area contributed by atoms with E-state index in [0.717, 1.165) is 5.56 Å². The number of hydrogen-bond donors (Lipinski definition) is 1. The van der Waals surface area contributed by atoms with Crippen LogP contribution in [-0.2, 0) is 5.41 Å². The first-order valence-electron chi connectivity index (χ1n) is 4.89. The van der Waals surface area contributed by atoms with E-state index in [4.69, 9.17) is 0 Å². The van der Waals surface area contributed by atoms with Gasteiger partial charge in [0.2, 0.25) is 0 Å². The molecule has 0 aliphatic heterocycles. The fourth-order valence-corrected chi connectivity index (χ4v) is 1.50. The second-order valence-electron chi connectivity index (χ2n) is 4.49. The highest BCUT2D eigenvalue weighted by atomic mass is 19.1. The normalized spacial score (nSPS) is 11.3. The van der Waals surface area contributed by atoms with E-state index in [1.54, 1.807) is 12.1 Å². The molecular weight excluding hydrogens is 193 g/mol. The van der Waals surface area contributed by atoms with E-state index in [0.29, 0.717) is 0 Å². The topological polar surface area (TPSA) is 29.1 Å². The average molecular weight is 209 g/mol. The van der Waals surface area contributed by atoms with Crippen molar-refractivity contribution in [2.45, 2.75) is 26.2 Å². The second-order valence-corrected chi connectivity index (χ2v) is 4.49. The first-order valence-corrected chi connectivity index (χ1v) is 4.89. The molecular formula is C12H16FNO. The van der Waals surface area contributed by atoms with Gasteiger partial charge in [0.25, 0.3) is 5.91 Å². The zero-order valence-electron chi connectivity index (χ0n) is 9.52. The molecule has 0 aliphatic carbocycles. The van der Waals surface area contributed by atoms with Crippen molar-refractivity contribution in [1.29, 1.82) is 0 Å². The first kappa shape index (κ1) is 11.7. The predicted octanol–water partition coefficient (Wildman–Crippen LogP) is 2.48. The first-order chi connectivity index (χ1) is 6.88. The highest BCUT2D eigenvalue weighted by molar-refractivity contribution is 5.96. The molecule has 0 aromatic heterocycles. The van der Waals surface area contributed by atoms with Gasteiger partial charge in [-0.3, -0.25) is 4.79 Å². The largest absolute Gasteiger partial charge is 0.355 e. The number of rotatable bonds is 1. The summed E-state index contributed by atoms with van der Waals surface area (Å²) in [6, 6.07) is 4.72. The maximum atomic E-state index is 13.6. The molecule has 0 bridgehead atoms. The molecule has 0 spiro atoms. The summed E-state index contributed by atoms with van der Waals surface area (Å²) < 4.78 is 13.6. The van der Waals surface area contributed by atoms with Crippen molar-refractivity contribution in [3.05, 3.63) is 35.1 Å². The molecule has 0 saturated carbocycles. The third-order valence-corrected chi connectivity index (χ3v) is 2.28. The van der Waals surface area contributed by atoms with E-state index in [9.17, 15) is 9.18 Å². The van der Waals surface area contributed by atoms with Gasteiger partial charge in [0.1, 0.15) is 5.82 Å². The molecule has 0 unspecified atom stereocenters. The molecule has 1 aromatic carbocycles. The highest BCUT2D eigenvalue weighted by Crippen LogP contribution is 2.27. The summed E-state index contributed by atoms with van der Waals surface area (Å²) in [7, 11) is 1.50. The summed E-state index contributed by atoms with van der Waals surface area (Å²) in [4.78, 5) is 11.6. The van der Waals surface area contributed by atoms with Gasteiger partial charge < -0.3 is 5.32 Å². The lowest BCUT2D eigenvalue weighted by Gasteiger charge is -2.22. The van der Waals surface area contributed by atoms with Crippen molar-refractivity contribution in [2.75, 3.05) is 7.05 Å². The Balaban J connectivity index is 3.40. The average Bonchev–Trinajstić information content (AvgIpc) is 2.15. The third-order valence-electron chi connectivity index (χ3n) is 2.28. The van der Waals surface area contributed by atoms with Crippen LogP contribution in [0.5, 0.6) is 0 Å². The molecule has 2 nitrogen and oxygen atoms in total. The van der Waals surface area contributed by atoms with Gasteiger partial charge >= 0.3 is 0 Å². The molecule has 0 fully saturated rings. The third kappa shape index (κ3) is 2.35. The number of carbonyl (C=O) groups excluding carboxylic acids is 1. The van der Waals surface area contributed by atoms with E-state index in [-0.39, 0.29) is 16.9 Å². The van der Waals surface area contributed by atoms with Crippen LogP contribution < -0.4 is 5.32 Å². The molecule has 1 N–H and O–H groups in total. The number of halogens is 1. The van der Waals surface area contributed by atoms with Crippen molar-refractivity contribution in [2.24, 2.45) is 0 Å². The van der Waals surface area contributed by atoms with Gasteiger partial charge in [-0.15, -0.1) is 0 Å². The van der Waals surface area contributed by atoms with Gasteiger partial charge in [0.15, 0.2) is 0 Å². The molecule has 0 atom stereocenters. The molecule has 0 aliphatic rings. The maximum absolute atomic E-state index is 13.6. The second kappa shape index (κ2) is 4.01. The van der Waals surface area contributed by atoms with Crippen molar-refractivity contribution < 1.29 is 9.18 Å². The van der Waals surface area contributed by atoms with Gasteiger partial charge in [0.05, 0.1) is 5.56 Å². The van der Waals surface area contributed by atoms with Gasteiger partial charge in [0, 0.05) is 7.05 Å². The zero-order valence-corrected chi connectivity index (χ0v) is 9.52. The minimum absolute atomic E-state index is 0.146. The SMILES string of the molecule is CNC(=O)c1c(F)cccc1C(C)(C)C. The van der Waals surface area contributed by atoms with Crippen LogP contribution >= 0.6 is 0 Å². The van der Waals surface area contributed by atoms with Crippen molar-refractivity contribution in [3.8, 4) is 0 Å². The lowest BCUT2D eigenvalue weighted by atomic mass is 9.83. The molecule has 0 heterocycles. The Bertz CT molecular complexity index is 380. The maximum Gasteiger partial charge on any atom is 0.254 e. The number of nitrogens with one attached hydrogen (secondary N) is 1. The van der Waals surface area contributed by atoms with Crippen LogP contribution in [0.4, 0.5) is 4.39 Å². The summed E-state index contributed by atoms with van der Waals surface area (Å²) in [6.07, 6.45) is 0. The lowest BCUT2D eigenvalue weighted by Crippen LogP contribution is -2.25. The molecule has 82 valence electrons. The van der Waals surface area contributed by atoms with Crippen LogP contribution in [-0.4, -0.2) is 13.0 Å². The Labute approximate surface area is 89.5 Å². The minimum atomic E-state index is -0.471. The van der Waals surface area contributed by atoms with Crippen molar-refractivity contribution in [1.82, 2.24) is 5.32 Å². The molecule has 3 heteroatoms. The number of carbonyl (C=O) groups is 1. The molecule has 0 radical (unpaired) electrons. The van der Waals surface area contributed by atoms with Crippen LogP contribution in [0.25, 0.3) is 0 Å². The quantitative estimate of drug-likeness (QED) is 0.756. The van der Waals surface area contributed by atoms with Gasteiger partial charge in [-0.1, -0.05) is 32.9 Å². The molecule has 1 rings (SSSR count). The summed E-state index contributed by atoms with van der Waals surface area (Å²) in [5.41, 5.74) is 0.624. The molecule has 1 aromatic rings. The Morgan fingerprint density at radius 1 is 1.33 bits per heavy atom.